The second kappa shape index (κ2) is 4.34. The highest BCUT2D eigenvalue weighted by Crippen LogP contribution is 2.26. The van der Waals surface area contributed by atoms with Crippen LogP contribution in [-0.2, 0) is 0 Å². The molecule has 1 aromatic carbocycles. The number of benzene rings is 1. The van der Waals surface area contributed by atoms with Gasteiger partial charge in [-0.2, -0.15) is 0 Å². The van der Waals surface area contributed by atoms with Crippen LogP contribution in [0.5, 0.6) is 0 Å². The number of imidazole rings is 1. The Morgan fingerprint density at radius 3 is 2.62 bits per heavy atom. The summed E-state index contributed by atoms with van der Waals surface area (Å²) >= 11 is 8.88. The van der Waals surface area contributed by atoms with Crippen molar-refractivity contribution >= 4 is 39.2 Å². The molecular weight excluding hydrogens is 284 g/mol. The molecule has 2 rings (SSSR count). The molecule has 1 unspecified atom stereocenters. The second-order valence-electron chi connectivity index (χ2n) is 4.45. The van der Waals surface area contributed by atoms with Gasteiger partial charge in [0.1, 0.15) is 0 Å². The van der Waals surface area contributed by atoms with Crippen LogP contribution < -0.4 is 0 Å². The lowest BCUT2D eigenvalue weighted by molar-refractivity contribution is 0.413. The van der Waals surface area contributed by atoms with Crippen molar-refractivity contribution in [3.63, 3.8) is 0 Å². The molecule has 0 saturated heterocycles. The molecule has 0 amide bonds. The molecular formula is C12H15BrN2S. The Labute approximate surface area is 109 Å². The summed E-state index contributed by atoms with van der Waals surface area (Å²) < 4.78 is 4.08. The number of aromatic amines is 1. The van der Waals surface area contributed by atoms with E-state index in [1.165, 1.54) is 5.52 Å². The average Bonchev–Trinajstić information content (AvgIpc) is 2.52. The SMILES string of the molecule is CC(C)C(C)n1c(=S)[nH]c2ccc(Br)cc21. The Morgan fingerprint density at radius 2 is 2.00 bits per heavy atom. The Balaban J connectivity index is 2.72. The first-order valence-corrected chi connectivity index (χ1v) is 6.60. The molecule has 0 radical (unpaired) electrons. The molecule has 2 nitrogen and oxygen atoms in total. The molecule has 1 atom stereocenters. The van der Waals surface area contributed by atoms with Crippen molar-refractivity contribution in [3.8, 4) is 0 Å². The number of hydrogen-bond acceptors (Lipinski definition) is 1. The third kappa shape index (κ3) is 1.96. The maximum absolute atomic E-state index is 5.38. The van der Waals surface area contributed by atoms with Gasteiger partial charge in [-0.3, -0.25) is 0 Å². The molecule has 0 spiro atoms. The van der Waals surface area contributed by atoms with E-state index in [2.05, 4.69) is 58.4 Å². The normalized spacial score (nSPS) is 13.6. The van der Waals surface area contributed by atoms with Crippen LogP contribution in [0.25, 0.3) is 11.0 Å². The molecule has 0 bridgehead atoms. The summed E-state index contributed by atoms with van der Waals surface area (Å²) in [7, 11) is 0. The molecule has 2 aromatic rings. The van der Waals surface area contributed by atoms with Gasteiger partial charge in [0.25, 0.3) is 0 Å². The molecule has 16 heavy (non-hydrogen) atoms. The minimum absolute atomic E-state index is 0.399. The molecule has 1 N–H and O–H groups in total. The molecule has 0 saturated carbocycles. The standard InChI is InChI=1S/C12H15BrN2S/c1-7(2)8(3)15-11-6-9(13)4-5-10(11)14-12(15)16/h4-8H,1-3H3,(H,14,16). The van der Waals surface area contributed by atoms with E-state index in [1.54, 1.807) is 0 Å². The van der Waals surface area contributed by atoms with Crippen LogP contribution in [0.4, 0.5) is 0 Å². The van der Waals surface area contributed by atoms with E-state index in [4.69, 9.17) is 12.2 Å². The zero-order chi connectivity index (χ0) is 11.9. The van der Waals surface area contributed by atoms with Gasteiger partial charge in [-0.1, -0.05) is 29.8 Å². The van der Waals surface area contributed by atoms with Crippen LogP contribution in [0.15, 0.2) is 22.7 Å². The summed E-state index contributed by atoms with van der Waals surface area (Å²) in [6.07, 6.45) is 0. The lowest BCUT2D eigenvalue weighted by Crippen LogP contribution is -2.11. The summed E-state index contributed by atoms with van der Waals surface area (Å²) in [5.74, 6) is 0.560. The highest BCUT2D eigenvalue weighted by molar-refractivity contribution is 9.10. The van der Waals surface area contributed by atoms with Gasteiger partial charge in [0.15, 0.2) is 4.77 Å². The van der Waals surface area contributed by atoms with Crippen molar-refractivity contribution in [1.82, 2.24) is 9.55 Å². The van der Waals surface area contributed by atoms with Gasteiger partial charge in [-0.25, -0.2) is 0 Å². The van der Waals surface area contributed by atoms with E-state index in [-0.39, 0.29) is 0 Å². The number of nitrogens with zero attached hydrogens (tertiary/aromatic N) is 1. The van der Waals surface area contributed by atoms with Gasteiger partial charge >= 0.3 is 0 Å². The van der Waals surface area contributed by atoms with Gasteiger partial charge in [0, 0.05) is 10.5 Å². The van der Waals surface area contributed by atoms with Crippen LogP contribution >= 0.6 is 28.1 Å². The van der Waals surface area contributed by atoms with Gasteiger partial charge < -0.3 is 9.55 Å². The fraction of sp³-hybridized carbons (Fsp3) is 0.417. The molecule has 0 aliphatic heterocycles. The molecule has 1 aromatic heterocycles. The maximum atomic E-state index is 5.38. The van der Waals surface area contributed by atoms with Crippen LogP contribution in [0.2, 0.25) is 0 Å². The van der Waals surface area contributed by atoms with Crippen molar-refractivity contribution in [2.75, 3.05) is 0 Å². The van der Waals surface area contributed by atoms with E-state index in [9.17, 15) is 0 Å². The molecule has 0 aliphatic rings. The number of rotatable bonds is 2. The van der Waals surface area contributed by atoms with E-state index in [0.717, 1.165) is 14.8 Å². The first-order valence-electron chi connectivity index (χ1n) is 5.40. The predicted octanol–water partition coefficient (Wildman–Crippen LogP) is 4.68. The van der Waals surface area contributed by atoms with Crippen molar-refractivity contribution in [1.29, 1.82) is 0 Å². The smallest absolute Gasteiger partial charge is 0.178 e. The summed E-state index contributed by atoms with van der Waals surface area (Å²) in [5.41, 5.74) is 2.27. The highest BCUT2D eigenvalue weighted by atomic mass is 79.9. The molecule has 86 valence electrons. The van der Waals surface area contributed by atoms with Crippen molar-refractivity contribution < 1.29 is 0 Å². The maximum Gasteiger partial charge on any atom is 0.178 e. The van der Waals surface area contributed by atoms with Crippen LogP contribution in [0.3, 0.4) is 0 Å². The van der Waals surface area contributed by atoms with E-state index in [1.807, 2.05) is 6.07 Å². The van der Waals surface area contributed by atoms with Crippen LogP contribution in [-0.4, -0.2) is 9.55 Å². The minimum Gasteiger partial charge on any atom is -0.331 e. The molecule has 1 heterocycles. The fourth-order valence-electron chi connectivity index (χ4n) is 1.80. The van der Waals surface area contributed by atoms with Crippen molar-refractivity contribution in [2.45, 2.75) is 26.8 Å². The molecule has 4 heteroatoms. The zero-order valence-corrected chi connectivity index (χ0v) is 12.0. The number of hydrogen-bond donors (Lipinski definition) is 1. The highest BCUT2D eigenvalue weighted by Gasteiger charge is 2.14. The Bertz CT molecular complexity index is 568. The minimum atomic E-state index is 0.399. The monoisotopic (exact) mass is 298 g/mol. The van der Waals surface area contributed by atoms with Crippen molar-refractivity contribution in [3.05, 3.63) is 27.4 Å². The number of H-pyrrole nitrogens is 1. The third-order valence-corrected chi connectivity index (χ3v) is 3.84. The third-order valence-electron chi connectivity index (χ3n) is 3.05. The van der Waals surface area contributed by atoms with E-state index in [0.29, 0.717) is 12.0 Å². The van der Waals surface area contributed by atoms with Gasteiger partial charge in [0.05, 0.1) is 11.0 Å². The van der Waals surface area contributed by atoms with Gasteiger partial charge in [0.2, 0.25) is 0 Å². The largest absolute Gasteiger partial charge is 0.331 e. The molecule has 0 aliphatic carbocycles. The quantitative estimate of drug-likeness (QED) is 0.799. The predicted molar refractivity (Wildman–Crippen MR) is 74.4 cm³/mol. The van der Waals surface area contributed by atoms with Crippen LogP contribution in [0.1, 0.15) is 26.8 Å². The lowest BCUT2D eigenvalue weighted by Gasteiger charge is -2.18. The number of halogens is 1. The van der Waals surface area contributed by atoms with Gasteiger partial charge in [-0.05, 0) is 43.3 Å². The first kappa shape index (κ1) is 11.9. The second-order valence-corrected chi connectivity index (χ2v) is 5.75. The Hall–Kier alpha value is -0.610. The topological polar surface area (TPSA) is 20.7 Å². The zero-order valence-electron chi connectivity index (χ0n) is 9.62. The fourth-order valence-corrected chi connectivity index (χ4v) is 2.52. The summed E-state index contributed by atoms with van der Waals surface area (Å²) in [6, 6.07) is 6.59. The van der Waals surface area contributed by atoms with E-state index < -0.39 is 0 Å². The van der Waals surface area contributed by atoms with Crippen molar-refractivity contribution in [2.24, 2.45) is 5.92 Å². The number of aromatic nitrogens is 2. The lowest BCUT2D eigenvalue weighted by atomic mass is 10.1. The van der Waals surface area contributed by atoms with Crippen LogP contribution in [0, 0.1) is 10.7 Å². The summed E-state index contributed by atoms with van der Waals surface area (Å²) in [6.45, 7) is 6.63. The molecule has 0 fully saturated rings. The van der Waals surface area contributed by atoms with E-state index >= 15 is 0 Å². The Morgan fingerprint density at radius 1 is 1.31 bits per heavy atom. The summed E-state index contributed by atoms with van der Waals surface area (Å²) in [5, 5.41) is 0. The van der Waals surface area contributed by atoms with Gasteiger partial charge in [-0.15, -0.1) is 0 Å². The number of fused-ring (bicyclic) bond motifs is 1. The number of nitrogens with one attached hydrogen (secondary N) is 1. The average molecular weight is 299 g/mol. The summed E-state index contributed by atoms with van der Waals surface area (Å²) in [4.78, 5) is 3.25. The Kier molecular flexibility index (Phi) is 3.22. The first-order chi connectivity index (χ1) is 7.50.